The lowest BCUT2D eigenvalue weighted by atomic mass is 10.1. The zero-order valence-corrected chi connectivity index (χ0v) is 18.1. The van der Waals surface area contributed by atoms with Crippen molar-refractivity contribution in [1.29, 1.82) is 0 Å². The molecular weight excluding hydrogens is 416 g/mol. The Morgan fingerprint density at radius 1 is 1.26 bits per heavy atom. The van der Waals surface area contributed by atoms with Gasteiger partial charge in [-0.2, -0.15) is 0 Å². The Hall–Kier alpha value is -3.26. The van der Waals surface area contributed by atoms with Gasteiger partial charge in [0.25, 0.3) is 5.91 Å². The number of benzene rings is 2. The number of ether oxygens (including phenoxy) is 2. The molecular formula is C23H24N2O5S. The van der Waals surface area contributed by atoms with E-state index in [1.165, 1.54) is 11.8 Å². The topological polar surface area (TPSA) is 84.9 Å². The number of fused-ring (bicyclic) bond motifs is 1. The molecule has 7 nitrogen and oxygen atoms in total. The van der Waals surface area contributed by atoms with E-state index in [1.807, 2.05) is 19.1 Å². The summed E-state index contributed by atoms with van der Waals surface area (Å²) in [7, 11) is 0. The average Bonchev–Trinajstić information content (AvgIpc) is 2.77. The smallest absolute Gasteiger partial charge is 0.265 e. The van der Waals surface area contributed by atoms with Crippen molar-refractivity contribution in [2.45, 2.75) is 6.92 Å². The van der Waals surface area contributed by atoms with Gasteiger partial charge in [-0.1, -0.05) is 18.2 Å². The second kappa shape index (κ2) is 10.7. The zero-order chi connectivity index (χ0) is 22.2. The summed E-state index contributed by atoms with van der Waals surface area (Å²) in [5.74, 6) is 0.887. The van der Waals surface area contributed by atoms with E-state index in [1.54, 1.807) is 41.3 Å². The molecule has 0 atom stereocenters. The SMILES string of the molecule is C=CCN1C(=O)COc2ccc(C(=O)CSCC(=O)Nc3ccccc3OCC)cc21. The summed E-state index contributed by atoms with van der Waals surface area (Å²) in [6.07, 6.45) is 1.62. The number of hydrogen-bond donors (Lipinski definition) is 1. The second-order valence-corrected chi connectivity index (χ2v) is 7.64. The van der Waals surface area contributed by atoms with Gasteiger partial charge < -0.3 is 19.7 Å². The third-order valence-corrected chi connectivity index (χ3v) is 5.40. The highest BCUT2D eigenvalue weighted by molar-refractivity contribution is 8.00. The molecule has 0 spiro atoms. The van der Waals surface area contributed by atoms with Gasteiger partial charge in [-0.15, -0.1) is 18.3 Å². The van der Waals surface area contributed by atoms with Gasteiger partial charge in [0.15, 0.2) is 12.4 Å². The highest BCUT2D eigenvalue weighted by atomic mass is 32.2. The zero-order valence-electron chi connectivity index (χ0n) is 17.3. The number of hydrogen-bond acceptors (Lipinski definition) is 6. The molecule has 0 unspecified atom stereocenters. The average molecular weight is 441 g/mol. The minimum Gasteiger partial charge on any atom is -0.492 e. The van der Waals surface area contributed by atoms with Crippen LogP contribution in [0.3, 0.4) is 0 Å². The second-order valence-electron chi connectivity index (χ2n) is 6.66. The first-order chi connectivity index (χ1) is 15.0. The molecule has 0 aromatic heterocycles. The molecule has 31 heavy (non-hydrogen) atoms. The lowest BCUT2D eigenvalue weighted by Crippen LogP contribution is -2.38. The van der Waals surface area contributed by atoms with Crippen LogP contribution < -0.4 is 19.7 Å². The molecule has 0 radical (unpaired) electrons. The molecule has 162 valence electrons. The highest BCUT2D eigenvalue weighted by Gasteiger charge is 2.25. The maximum Gasteiger partial charge on any atom is 0.265 e. The summed E-state index contributed by atoms with van der Waals surface area (Å²) in [5.41, 5.74) is 1.61. The van der Waals surface area contributed by atoms with Crippen molar-refractivity contribution in [3.8, 4) is 11.5 Å². The molecule has 0 saturated carbocycles. The number of amides is 2. The molecule has 0 bridgehead atoms. The monoisotopic (exact) mass is 440 g/mol. The highest BCUT2D eigenvalue weighted by Crippen LogP contribution is 2.33. The van der Waals surface area contributed by atoms with Crippen LogP contribution >= 0.6 is 11.8 Å². The molecule has 1 heterocycles. The minimum atomic E-state index is -0.216. The predicted molar refractivity (Wildman–Crippen MR) is 122 cm³/mol. The fourth-order valence-corrected chi connectivity index (χ4v) is 3.77. The van der Waals surface area contributed by atoms with E-state index in [2.05, 4.69) is 11.9 Å². The lowest BCUT2D eigenvalue weighted by molar-refractivity contribution is -0.121. The Morgan fingerprint density at radius 2 is 2.06 bits per heavy atom. The van der Waals surface area contributed by atoms with Crippen molar-refractivity contribution >= 4 is 40.7 Å². The van der Waals surface area contributed by atoms with Gasteiger partial charge in [0.05, 0.1) is 29.5 Å². The molecule has 2 amide bonds. The molecule has 0 aliphatic carbocycles. The Balaban J connectivity index is 1.57. The van der Waals surface area contributed by atoms with E-state index < -0.39 is 0 Å². The Morgan fingerprint density at radius 3 is 2.84 bits per heavy atom. The van der Waals surface area contributed by atoms with Crippen molar-refractivity contribution in [3.63, 3.8) is 0 Å². The number of rotatable bonds is 10. The number of thioether (sulfide) groups is 1. The van der Waals surface area contributed by atoms with Gasteiger partial charge in [-0.05, 0) is 37.3 Å². The van der Waals surface area contributed by atoms with Crippen molar-refractivity contribution in [2.75, 3.05) is 41.5 Å². The van der Waals surface area contributed by atoms with Crippen LogP contribution in [0.1, 0.15) is 17.3 Å². The number of ketones is 1. The largest absolute Gasteiger partial charge is 0.492 e. The molecule has 1 N–H and O–H groups in total. The van der Waals surface area contributed by atoms with Gasteiger partial charge in [0, 0.05) is 12.1 Å². The molecule has 8 heteroatoms. The van der Waals surface area contributed by atoms with Crippen molar-refractivity contribution in [1.82, 2.24) is 0 Å². The Bertz CT molecular complexity index is 992. The normalized spacial score (nSPS) is 12.5. The van der Waals surface area contributed by atoms with Crippen LogP contribution in [0.15, 0.2) is 55.1 Å². The first kappa shape index (κ1) is 22.4. The molecule has 1 aliphatic heterocycles. The summed E-state index contributed by atoms with van der Waals surface area (Å²) >= 11 is 1.22. The fourth-order valence-electron chi connectivity index (χ4n) is 3.06. The van der Waals surface area contributed by atoms with E-state index in [0.717, 1.165) is 0 Å². The lowest BCUT2D eigenvalue weighted by Gasteiger charge is -2.28. The van der Waals surface area contributed by atoms with Gasteiger partial charge in [-0.3, -0.25) is 14.4 Å². The number of nitrogens with zero attached hydrogens (tertiary/aromatic N) is 1. The predicted octanol–water partition coefficient (Wildman–Crippen LogP) is 3.55. The van der Waals surface area contributed by atoms with Crippen LogP contribution in [0.2, 0.25) is 0 Å². The Labute approximate surface area is 185 Å². The van der Waals surface area contributed by atoms with E-state index >= 15 is 0 Å². The number of Topliss-reactive ketones (excluding diaryl/α,β-unsaturated/α-hetero) is 1. The third kappa shape index (κ3) is 5.67. The van der Waals surface area contributed by atoms with Crippen molar-refractivity contribution in [2.24, 2.45) is 0 Å². The summed E-state index contributed by atoms with van der Waals surface area (Å²) in [4.78, 5) is 38.5. The number of para-hydroxylation sites is 2. The molecule has 3 rings (SSSR count). The van der Waals surface area contributed by atoms with E-state index in [0.29, 0.717) is 41.6 Å². The summed E-state index contributed by atoms with van der Waals surface area (Å²) in [5, 5.41) is 2.81. The number of nitrogens with one attached hydrogen (secondary N) is 1. The summed E-state index contributed by atoms with van der Waals surface area (Å²) in [6, 6.07) is 12.2. The molecule has 2 aromatic rings. The maximum atomic E-state index is 12.6. The fraction of sp³-hybridized carbons (Fsp3) is 0.261. The van der Waals surface area contributed by atoms with Crippen molar-refractivity contribution < 1.29 is 23.9 Å². The first-order valence-electron chi connectivity index (χ1n) is 9.84. The van der Waals surface area contributed by atoms with Crippen LogP contribution in [0.5, 0.6) is 11.5 Å². The van der Waals surface area contributed by atoms with Crippen LogP contribution in [0.25, 0.3) is 0 Å². The van der Waals surface area contributed by atoms with Gasteiger partial charge >= 0.3 is 0 Å². The molecule has 1 aliphatic rings. The molecule has 2 aromatic carbocycles. The Kier molecular flexibility index (Phi) is 7.72. The van der Waals surface area contributed by atoms with Crippen molar-refractivity contribution in [3.05, 3.63) is 60.7 Å². The third-order valence-electron chi connectivity index (χ3n) is 4.46. The van der Waals surface area contributed by atoms with E-state index in [4.69, 9.17) is 9.47 Å². The quantitative estimate of drug-likeness (QED) is 0.449. The van der Waals surface area contributed by atoms with Crippen LogP contribution in [0, 0.1) is 0 Å². The van der Waals surface area contributed by atoms with Crippen LogP contribution in [-0.2, 0) is 9.59 Å². The first-order valence-corrected chi connectivity index (χ1v) is 11.0. The van der Waals surface area contributed by atoms with Gasteiger partial charge in [0.2, 0.25) is 5.91 Å². The number of carbonyl (C=O) groups excluding carboxylic acids is 3. The summed E-state index contributed by atoms with van der Waals surface area (Å²) < 4.78 is 10.9. The number of carbonyl (C=O) groups is 3. The molecule has 0 saturated heterocycles. The molecule has 0 fully saturated rings. The van der Waals surface area contributed by atoms with Gasteiger partial charge in [0.1, 0.15) is 11.5 Å². The van der Waals surface area contributed by atoms with Crippen LogP contribution in [0.4, 0.5) is 11.4 Å². The van der Waals surface area contributed by atoms with Gasteiger partial charge in [-0.25, -0.2) is 0 Å². The summed E-state index contributed by atoms with van der Waals surface area (Å²) in [6.45, 7) is 6.35. The van der Waals surface area contributed by atoms with E-state index in [-0.39, 0.29) is 35.7 Å². The maximum absolute atomic E-state index is 12.6. The standard InChI is InChI=1S/C23H24N2O5S/c1-3-11-25-18-12-16(9-10-21(18)30-13-23(25)28)19(26)14-31-15-22(27)24-17-7-5-6-8-20(17)29-4-2/h3,5-10,12H,1,4,11,13-15H2,2H3,(H,24,27). The van der Waals surface area contributed by atoms with E-state index in [9.17, 15) is 14.4 Å². The number of anilines is 2. The van der Waals surface area contributed by atoms with Crippen LogP contribution in [-0.4, -0.2) is 48.9 Å². The minimum absolute atomic E-state index is 0.0362.